The van der Waals surface area contributed by atoms with Crippen LogP contribution in [0, 0.1) is 5.95 Å². The number of nitrogens with zero attached hydrogens (tertiary/aromatic N) is 1. The summed E-state index contributed by atoms with van der Waals surface area (Å²) in [4.78, 5) is 15.3. The molecule has 0 radical (unpaired) electrons. The first-order valence-electron chi connectivity index (χ1n) is 5.98. The number of fused-ring (bicyclic) bond motifs is 1. The minimum atomic E-state index is -0.599. The van der Waals surface area contributed by atoms with Crippen LogP contribution in [0.4, 0.5) is 10.2 Å². The van der Waals surface area contributed by atoms with Crippen molar-refractivity contribution in [2.24, 2.45) is 0 Å². The molecule has 3 N–H and O–H groups in total. The maximum Gasteiger partial charge on any atom is 0.251 e. The lowest BCUT2D eigenvalue weighted by Crippen LogP contribution is -2.31. The van der Waals surface area contributed by atoms with E-state index in [4.69, 9.17) is 5.73 Å². The Morgan fingerprint density at radius 3 is 2.79 bits per heavy atom. The second kappa shape index (κ2) is 4.35. The Morgan fingerprint density at radius 1 is 1.21 bits per heavy atom. The lowest BCUT2D eigenvalue weighted by atomic mass is 9.95. The topological polar surface area (TPSA) is 68.0 Å². The van der Waals surface area contributed by atoms with Crippen molar-refractivity contribution < 1.29 is 9.18 Å². The molecule has 0 fully saturated rings. The molecule has 1 amide bonds. The summed E-state index contributed by atoms with van der Waals surface area (Å²) in [5.74, 6) is -0.503. The molecule has 5 heteroatoms. The monoisotopic (exact) mass is 257 g/mol. The Morgan fingerprint density at radius 2 is 2.00 bits per heavy atom. The second-order valence-corrected chi connectivity index (χ2v) is 4.44. The van der Waals surface area contributed by atoms with E-state index in [0.29, 0.717) is 17.7 Å². The SMILES string of the molecule is Nc1nc(F)ccc1-c1ccc2c(c1)CCNC2=O. The van der Waals surface area contributed by atoms with Gasteiger partial charge in [0.15, 0.2) is 0 Å². The van der Waals surface area contributed by atoms with Crippen LogP contribution < -0.4 is 11.1 Å². The van der Waals surface area contributed by atoms with Gasteiger partial charge in [0.05, 0.1) is 0 Å². The number of pyridine rings is 1. The number of aromatic nitrogens is 1. The smallest absolute Gasteiger partial charge is 0.251 e. The molecule has 0 saturated heterocycles. The Balaban J connectivity index is 2.09. The van der Waals surface area contributed by atoms with Crippen LogP contribution in [0.25, 0.3) is 11.1 Å². The summed E-state index contributed by atoms with van der Waals surface area (Å²) < 4.78 is 12.9. The molecule has 0 spiro atoms. The van der Waals surface area contributed by atoms with Gasteiger partial charge in [-0.3, -0.25) is 4.79 Å². The Labute approximate surface area is 109 Å². The van der Waals surface area contributed by atoms with Crippen molar-refractivity contribution in [3.63, 3.8) is 0 Å². The molecule has 0 atom stereocenters. The summed E-state index contributed by atoms with van der Waals surface area (Å²) >= 11 is 0. The van der Waals surface area contributed by atoms with Gasteiger partial charge in [0.1, 0.15) is 5.82 Å². The summed E-state index contributed by atoms with van der Waals surface area (Å²) in [6.45, 7) is 0.631. The third kappa shape index (κ3) is 2.03. The van der Waals surface area contributed by atoms with Crippen molar-refractivity contribution in [1.29, 1.82) is 0 Å². The minimum Gasteiger partial charge on any atom is -0.383 e. The number of benzene rings is 1. The summed E-state index contributed by atoms with van der Waals surface area (Å²) in [6.07, 6.45) is 0.781. The first-order chi connectivity index (χ1) is 9.15. The molecule has 4 nitrogen and oxygen atoms in total. The average Bonchev–Trinajstić information content (AvgIpc) is 2.38. The van der Waals surface area contributed by atoms with Crippen LogP contribution in [0.3, 0.4) is 0 Å². The number of anilines is 1. The van der Waals surface area contributed by atoms with Crippen molar-refractivity contribution >= 4 is 11.7 Å². The predicted molar refractivity (Wildman–Crippen MR) is 70.1 cm³/mol. The van der Waals surface area contributed by atoms with Gasteiger partial charge in [-0.1, -0.05) is 12.1 Å². The fourth-order valence-corrected chi connectivity index (χ4v) is 2.29. The van der Waals surface area contributed by atoms with E-state index in [1.54, 1.807) is 18.2 Å². The van der Waals surface area contributed by atoms with E-state index in [9.17, 15) is 9.18 Å². The quantitative estimate of drug-likeness (QED) is 0.765. The van der Waals surface area contributed by atoms with Gasteiger partial charge in [0, 0.05) is 17.7 Å². The molecular weight excluding hydrogens is 245 g/mol. The van der Waals surface area contributed by atoms with Gasteiger partial charge < -0.3 is 11.1 Å². The highest BCUT2D eigenvalue weighted by atomic mass is 19.1. The fraction of sp³-hybridized carbons (Fsp3) is 0.143. The number of nitrogens with two attached hydrogens (primary N) is 1. The highest BCUT2D eigenvalue weighted by molar-refractivity contribution is 5.97. The Kier molecular flexibility index (Phi) is 2.67. The summed E-state index contributed by atoms with van der Waals surface area (Å²) in [5.41, 5.74) is 8.91. The predicted octanol–water partition coefficient (Wildman–Crippen LogP) is 1.76. The zero-order valence-corrected chi connectivity index (χ0v) is 10.1. The van der Waals surface area contributed by atoms with Gasteiger partial charge >= 0.3 is 0 Å². The summed E-state index contributed by atoms with van der Waals surface area (Å²) in [7, 11) is 0. The van der Waals surface area contributed by atoms with Gasteiger partial charge in [-0.2, -0.15) is 4.39 Å². The first kappa shape index (κ1) is 11.6. The van der Waals surface area contributed by atoms with Gasteiger partial charge in [-0.05, 0) is 35.7 Å². The molecule has 2 aromatic rings. The molecule has 2 heterocycles. The van der Waals surface area contributed by atoms with Crippen LogP contribution >= 0.6 is 0 Å². The number of nitrogens with one attached hydrogen (secondary N) is 1. The lowest BCUT2D eigenvalue weighted by Gasteiger charge is -2.17. The standard InChI is InChI=1S/C14H12FN3O/c15-12-4-3-10(13(16)18-12)8-1-2-11-9(7-8)5-6-17-14(11)19/h1-4,7H,5-6H2,(H2,16,18)(H,17,19). The van der Waals surface area contributed by atoms with Crippen LogP contribution in [-0.4, -0.2) is 17.4 Å². The molecule has 0 aliphatic carbocycles. The molecule has 1 aliphatic heterocycles. The molecule has 0 bridgehead atoms. The van der Waals surface area contributed by atoms with Gasteiger partial charge in [0.2, 0.25) is 5.95 Å². The third-order valence-electron chi connectivity index (χ3n) is 3.23. The van der Waals surface area contributed by atoms with E-state index in [1.807, 2.05) is 6.07 Å². The minimum absolute atomic E-state index is 0.0574. The van der Waals surface area contributed by atoms with Crippen molar-refractivity contribution in [3.8, 4) is 11.1 Å². The van der Waals surface area contributed by atoms with E-state index < -0.39 is 5.95 Å². The zero-order valence-electron chi connectivity index (χ0n) is 10.1. The second-order valence-electron chi connectivity index (χ2n) is 4.44. The number of halogens is 1. The molecule has 1 aromatic carbocycles. The Hall–Kier alpha value is -2.43. The van der Waals surface area contributed by atoms with Crippen molar-refractivity contribution in [2.45, 2.75) is 6.42 Å². The van der Waals surface area contributed by atoms with Crippen molar-refractivity contribution in [3.05, 3.63) is 47.4 Å². The first-order valence-corrected chi connectivity index (χ1v) is 5.98. The summed E-state index contributed by atoms with van der Waals surface area (Å²) in [5, 5.41) is 2.79. The zero-order chi connectivity index (χ0) is 13.4. The van der Waals surface area contributed by atoms with E-state index in [2.05, 4.69) is 10.3 Å². The van der Waals surface area contributed by atoms with E-state index >= 15 is 0 Å². The highest BCUT2D eigenvalue weighted by Crippen LogP contribution is 2.27. The molecule has 3 rings (SSSR count). The Bertz CT molecular complexity index is 670. The molecular formula is C14H12FN3O. The summed E-state index contributed by atoms with van der Waals surface area (Å²) in [6, 6.07) is 8.36. The van der Waals surface area contributed by atoms with Crippen LogP contribution in [0.2, 0.25) is 0 Å². The third-order valence-corrected chi connectivity index (χ3v) is 3.23. The molecule has 19 heavy (non-hydrogen) atoms. The average molecular weight is 257 g/mol. The van der Waals surface area contributed by atoms with Crippen molar-refractivity contribution in [2.75, 3.05) is 12.3 Å². The maximum absolute atomic E-state index is 12.9. The molecule has 1 aromatic heterocycles. The van der Waals surface area contributed by atoms with Crippen LogP contribution in [0.15, 0.2) is 30.3 Å². The molecule has 96 valence electrons. The van der Waals surface area contributed by atoms with Gasteiger partial charge in [0.25, 0.3) is 5.91 Å². The van der Waals surface area contributed by atoms with Crippen LogP contribution in [-0.2, 0) is 6.42 Å². The largest absolute Gasteiger partial charge is 0.383 e. The number of amides is 1. The lowest BCUT2D eigenvalue weighted by molar-refractivity contribution is 0.0946. The number of hydrogen-bond donors (Lipinski definition) is 2. The number of carbonyl (C=O) groups excluding carboxylic acids is 1. The molecule has 0 saturated carbocycles. The van der Waals surface area contributed by atoms with Crippen LogP contribution in [0.1, 0.15) is 15.9 Å². The number of rotatable bonds is 1. The van der Waals surface area contributed by atoms with E-state index in [1.165, 1.54) is 6.07 Å². The number of hydrogen-bond acceptors (Lipinski definition) is 3. The highest BCUT2D eigenvalue weighted by Gasteiger charge is 2.17. The molecule has 0 unspecified atom stereocenters. The van der Waals surface area contributed by atoms with E-state index in [-0.39, 0.29) is 11.7 Å². The normalized spacial score (nSPS) is 13.8. The van der Waals surface area contributed by atoms with Crippen molar-refractivity contribution in [1.82, 2.24) is 10.3 Å². The molecule has 1 aliphatic rings. The number of nitrogen functional groups attached to an aromatic ring is 1. The maximum atomic E-state index is 12.9. The number of carbonyl (C=O) groups is 1. The van der Waals surface area contributed by atoms with Gasteiger partial charge in [-0.15, -0.1) is 0 Å². The van der Waals surface area contributed by atoms with E-state index in [0.717, 1.165) is 17.5 Å². The van der Waals surface area contributed by atoms with Crippen LogP contribution in [0.5, 0.6) is 0 Å². The fourth-order valence-electron chi connectivity index (χ4n) is 2.29. The van der Waals surface area contributed by atoms with Gasteiger partial charge in [-0.25, -0.2) is 4.98 Å².